The van der Waals surface area contributed by atoms with E-state index >= 15 is 0 Å². The summed E-state index contributed by atoms with van der Waals surface area (Å²) < 4.78 is 35.1. The minimum atomic E-state index is -2.48. The molecule has 5 N–H and O–H groups in total. The summed E-state index contributed by atoms with van der Waals surface area (Å²) in [5, 5.41) is 52.3. The smallest absolute Gasteiger partial charge is 0.329 e. The fourth-order valence-electron chi connectivity index (χ4n) is 10.2. The van der Waals surface area contributed by atoms with Crippen molar-refractivity contribution in [1.82, 2.24) is 4.90 Å². The number of ether oxygens (including phenoxy) is 6. The highest BCUT2D eigenvalue weighted by Crippen LogP contribution is 2.38. The quantitative estimate of drug-likeness (QED) is 0.0249. The summed E-state index contributed by atoms with van der Waals surface area (Å²) in [7, 11) is 4.34. The van der Waals surface area contributed by atoms with Crippen molar-refractivity contribution in [2.45, 2.75) is 194 Å². The van der Waals surface area contributed by atoms with Gasteiger partial charge in [0.1, 0.15) is 41.7 Å². The number of likely N-dealkylation sites (tertiary alicyclic amines) is 1. The Bertz CT molecular complexity index is 2030. The lowest BCUT2D eigenvalue weighted by atomic mass is 9.78. The predicted molar refractivity (Wildman–Crippen MR) is 284 cm³/mol. The number of aliphatic hydroxyl groups excluding tert-OH is 4. The summed E-state index contributed by atoms with van der Waals surface area (Å²) in [6.45, 7) is 14.1. The van der Waals surface area contributed by atoms with E-state index in [0.717, 1.165) is 16.9 Å². The Morgan fingerprint density at radius 1 is 0.855 bits per heavy atom. The first-order chi connectivity index (χ1) is 35.9. The second-order valence-electron chi connectivity index (χ2n) is 22.2. The van der Waals surface area contributed by atoms with Crippen LogP contribution in [0.5, 0.6) is 0 Å². The molecule has 76 heavy (non-hydrogen) atoms. The summed E-state index contributed by atoms with van der Waals surface area (Å²) in [6, 6.07) is -1.22. The van der Waals surface area contributed by atoms with Gasteiger partial charge in [0, 0.05) is 58.5 Å². The number of esters is 2. The molecule has 0 aromatic heterocycles. The van der Waals surface area contributed by atoms with Gasteiger partial charge in [-0.15, -0.1) is 0 Å². The molecule has 2 saturated heterocycles. The molecule has 0 aromatic carbocycles. The summed E-state index contributed by atoms with van der Waals surface area (Å²) >= 11 is 0. The highest BCUT2D eigenvalue weighted by atomic mass is 16.6. The van der Waals surface area contributed by atoms with Gasteiger partial charge < -0.3 is 58.9 Å². The molecule has 1 amide bonds. The van der Waals surface area contributed by atoms with Gasteiger partial charge in [0.05, 0.1) is 38.1 Å². The van der Waals surface area contributed by atoms with E-state index in [1.165, 1.54) is 34.1 Å². The fourth-order valence-corrected chi connectivity index (χ4v) is 10.2. The number of methoxy groups -OCH3 is 3. The van der Waals surface area contributed by atoms with Crippen molar-refractivity contribution in [2.75, 3.05) is 47.7 Å². The highest BCUT2D eigenvalue weighted by Gasteiger charge is 2.53. The first-order valence-electron chi connectivity index (χ1n) is 27.4. The van der Waals surface area contributed by atoms with Crippen molar-refractivity contribution in [2.24, 2.45) is 40.9 Å². The zero-order chi connectivity index (χ0) is 57.1. The molecule has 0 spiro atoms. The van der Waals surface area contributed by atoms with E-state index in [1.807, 2.05) is 38.2 Å². The lowest BCUT2D eigenvalue weighted by Gasteiger charge is -2.42. The molecule has 1 saturated carbocycles. The van der Waals surface area contributed by atoms with Crippen LogP contribution in [0.3, 0.4) is 0 Å². The van der Waals surface area contributed by atoms with Crippen molar-refractivity contribution in [1.29, 1.82) is 0 Å². The number of allylic oxidation sites excluding steroid dienone is 6. The zero-order valence-corrected chi connectivity index (χ0v) is 47.4. The molecule has 432 valence electrons. The van der Waals surface area contributed by atoms with Gasteiger partial charge in [-0.1, -0.05) is 84.4 Å². The number of hydrogen-bond acceptors (Lipinski definition) is 17. The Hall–Kier alpha value is -3.98. The molecule has 2 heterocycles. The molecule has 18 nitrogen and oxygen atoms in total. The Kier molecular flexibility index (Phi) is 27.5. The molecule has 3 aliphatic rings. The molecular formula is C58H93NO17. The monoisotopic (exact) mass is 1080 g/mol. The van der Waals surface area contributed by atoms with Gasteiger partial charge in [-0.3, -0.25) is 24.0 Å². The summed E-state index contributed by atoms with van der Waals surface area (Å²) in [4.78, 5) is 84.5. The molecular weight excluding hydrogens is 983 g/mol. The van der Waals surface area contributed by atoms with E-state index < -0.39 is 133 Å². The van der Waals surface area contributed by atoms with Crippen LogP contribution in [-0.2, 0) is 57.2 Å². The molecule has 15 atom stereocenters. The lowest BCUT2D eigenvalue weighted by molar-refractivity contribution is -0.265. The molecule has 3 fully saturated rings. The minimum Gasteiger partial charge on any atom is -0.460 e. The third-order valence-electron chi connectivity index (χ3n) is 16.1. The van der Waals surface area contributed by atoms with Gasteiger partial charge in [-0.2, -0.15) is 0 Å². The van der Waals surface area contributed by atoms with Gasteiger partial charge >= 0.3 is 11.9 Å². The minimum absolute atomic E-state index is 0.0284. The van der Waals surface area contributed by atoms with E-state index in [2.05, 4.69) is 19.9 Å². The topological polar surface area (TPSA) is 262 Å². The normalized spacial score (nSPS) is 27.2. The van der Waals surface area contributed by atoms with Crippen LogP contribution >= 0.6 is 0 Å². The molecule has 15 unspecified atom stereocenters. The van der Waals surface area contributed by atoms with Crippen LogP contribution in [-0.4, -0.2) is 168 Å². The second kappa shape index (κ2) is 31.6. The average Bonchev–Trinajstić information content (AvgIpc) is 3.41. The van der Waals surface area contributed by atoms with E-state index in [9.17, 15) is 54.3 Å². The molecule has 2 aliphatic heterocycles. The van der Waals surface area contributed by atoms with Crippen LogP contribution in [0.25, 0.3) is 0 Å². The first kappa shape index (κ1) is 66.3. The Morgan fingerprint density at radius 3 is 2.14 bits per heavy atom. The Balaban J connectivity index is 1.89. The third kappa shape index (κ3) is 18.0. The standard InChI is InChI=1S/C58H93NO17/c1-13-35(2)19-15-14-16-20-36(3)47(71-10)30-43-24-22-41(8)58(70,76-43)53(66)54(67)59-26-18-17-21-44(59)55(68)74-48(31-45(63)37(4)27-39(6)50(64)52(73-12)51(65)40(7)32-60)38(5)28-42-23-25-46(49(29-42)72-11)75-56(69)57(9,33-61)34-62/h14-16,19-20,27,35,37-38,40-44,46-50,52,60-62,64,70H,13,17-18,21-26,28-34H2,1-12H3/b16-14+,19-15+,36-20+,39-27+. The third-order valence-corrected chi connectivity index (χ3v) is 16.1. The highest BCUT2D eigenvalue weighted by molar-refractivity contribution is 6.39. The van der Waals surface area contributed by atoms with Crippen LogP contribution in [0.2, 0.25) is 0 Å². The number of carbonyl (C=O) groups excluding carboxylic acids is 6. The van der Waals surface area contributed by atoms with Crippen LogP contribution in [0.4, 0.5) is 0 Å². The average molecular weight is 1080 g/mol. The van der Waals surface area contributed by atoms with Crippen LogP contribution in [0.1, 0.15) is 139 Å². The Labute approximate surface area is 451 Å². The maximum absolute atomic E-state index is 14.6. The van der Waals surface area contributed by atoms with Gasteiger partial charge in [-0.25, -0.2) is 4.79 Å². The summed E-state index contributed by atoms with van der Waals surface area (Å²) in [6.07, 6.45) is 10.3. The van der Waals surface area contributed by atoms with Crippen molar-refractivity contribution >= 4 is 35.2 Å². The van der Waals surface area contributed by atoms with Gasteiger partial charge in [0.2, 0.25) is 5.79 Å². The number of nitrogens with zero attached hydrogens (tertiary/aromatic N) is 1. The molecule has 0 radical (unpaired) electrons. The van der Waals surface area contributed by atoms with Crippen molar-refractivity contribution in [3.8, 4) is 0 Å². The van der Waals surface area contributed by atoms with Crippen LogP contribution < -0.4 is 0 Å². The van der Waals surface area contributed by atoms with Crippen LogP contribution in [0.15, 0.2) is 47.6 Å². The number of Topliss-reactive ketones (excluding diaryl/α,β-unsaturated/α-hetero) is 3. The summed E-state index contributed by atoms with van der Waals surface area (Å²) in [5.74, 6) is -9.67. The molecule has 18 heteroatoms. The largest absolute Gasteiger partial charge is 0.460 e. The van der Waals surface area contributed by atoms with Crippen molar-refractivity contribution in [3.05, 3.63) is 47.6 Å². The first-order valence-corrected chi connectivity index (χ1v) is 27.4. The predicted octanol–water partition coefficient (Wildman–Crippen LogP) is 5.72. The number of amides is 1. The SMILES string of the molecule is CCC(C)/C=C/C=C/C=C(\C)C(CC1CCC(C)C(O)(C(=O)C(=O)N2CCCCC2C(=O)OC(CC(=O)C(C)/C=C(\C)C(O)C(OC)C(=O)C(C)CO)C(C)CC2CCC(OC(=O)C(C)(CO)CO)C(OC)C2)O1)OC. The van der Waals surface area contributed by atoms with Gasteiger partial charge in [-0.05, 0) is 107 Å². The van der Waals surface area contributed by atoms with E-state index in [1.54, 1.807) is 27.9 Å². The van der Waals surface area contributed by atoms with E-state index in [4.69, 9.17) is 28.4 Å². The second-order valence-corrected chi connectivity index (χ2v) is 22.2. The molecule has 0 bridgehead atoms. The van der Waals surface area contributed by atoms with Gasteiger partial charge in [0.25, 0.3) is 11.7 Å². The summed E-state index contributed by atoms with van der Waals surface area (Å²) in [5.41, 5.74) is -0.317. The molecule has 1 aliphatic carbocycles. The van der Waals surface area contributed by atoms with Crippen LogP contribution in [0, 0.1) is 40.9 Å². The maximum Gasteiger partial charge on any atom is 0.329 e. The lowest BCUT2D eigenvalue weighted by Crippen LogP contribution is -2.61. The Morgan fingerprint density at radius 2 is 1.54 bits per heavy atom. The number of carbonyl (C=O) groups is 6. The maximum atomic E-state index is 14.6. The molecule has 0 aromatic rings. The number of aliphatic hydroxyl groups is 5. The van der Waals surface area contributed by atoms with Crippen molar-refractivity contribution < 1.29 is 82.7 Å². The number of hydrogen-bond donors (Lipinski definition) is 5. The van der Waals surface area contributed by atoms with E-state index in [-0.39, 0.29) is 36.7 Å². The van der Waals surface area contributed by atoms with Crippen molar-refractivity contribution in [3.63, 3.8) is 0 Å². The number of piperidine rings is 1. The zero-order valence-electron chi connectivity index (χ0n) is 47.4. The number of rotatable bonds is 30. The number of ketones is 3. The van der Waals surface area contributed by atoms with Gasteiger partial charge in [0.15, 0.2) is 5.78 Å². The fraction of sp³-hybridized carbons (Fsp3) is 0.759. The van der Waals surface area contributed by atoms with E-state index in [0.29, 0.717) is 63.7 Å². The molecule has 3 rings (SSSR count).